The largest absolute Gasteiger partial charge is 0.344 e. The summed E-state index contributed by atoms with van der Waals surface area (Å²) in [7, 11) is 1.76. The summed E-state index contributed by atoms with van der Waals surface area (Å²) in [6.45, 7) is 1.09. The third-order valence-electron chi connectivity index (χ3n) is 1.97. The predicted molar refractivity (Wildman–Crippen MR) is 54.6 cm³/mol. The van der Waals surface area contributed by atoms with Crippen molar-refractivity contribution in [3.63, 3.8) is 0 Å². The maximum atomic E-state index is 11.5. The number of nitrogens with zero attached hydrogens (tertiary/aromatic N) is 2. The van der Waals surface area contributed by atoms with E-state index in [1.165, 1.54) is 0 Å². The van der Waals surface area contributed by atoms with Crippen LogP contribution in [0, 0.1) is 0 Å². The number of pyridine rings is 1. The summed E-state index contributed by atoms with van der Waals surface area (Å²) in [5.74, 6) is 0.0726. The Morgan fingerprint density at radius 1 is 1.64 bits per heavy atom. The Hall–Kier alpha value is -1.42. The maximum Gasteiger partial charge on any atom is 0.226 e. The molecule has 1 heterocycles. The summed E-state index contributed by atoms with van der Waals surface area (Å²) in [5.41, 5.74) is 6.29. The van der Waals surface area contributed by atoms with E-state index in [1.807, 2.05) is 12.1 Å². The fourth-order valence-corrected chi connectivity index (χ4v) is 1.13. The molecule has 1 amide bonds. The highest BCUT2D eigenvalue weighted by atomic mass is 16.2. The molecule has 0 atom stereocenters. The topological polar surface area (TPSA) is 59.2 Å². The number of nitrogens with two attached hydrogens (primary N) is 1. The Morgan fingerprint density at radius 3 is 3.00 bits per heavy atom. The van der Waals surface area contributed by atoms with Crippen LogP contribution in [0.5, 0.6) is 0 Å². The normalized spacial score (nSPS) is 9.86. The lowest BCUT2D eigenvalue weighted by Crippen LogP contribution is -2.32. The highest BCUT2D eigenvalue weighted by molar-refractivity contribution is 5.78. The third-order valence-corrected chi connectivity index (χ3v) is 1.97. The first kappa shape index (κ1) is 10.7. The van der Waals surface area contributed by atoms with Gasteiger partial charge in [0.25, 0.3) is 0 Å². The van der Waals surface area contributed by atoms with E-state index in [4.69, 9.17) is 5.73 Å². The van der Waals surface area contributed by atoms with Crippen LogP contribution in [0.1, 0.15) is 5.56 Å². The summed E-state index contributed by atoms with van der Waals surface area (Å²) in [6, 6.07) is 3.72. The van der Waals surface area contributed by atoms with E-state index in [0.717, 1.165) is 5.56 Å². The molecule has 76 valence electrons. The van der Waals surface area contributed by atoms with Crippen LogP contribution in [0.25, 0.3) is 0 Å². The zero-order valence-electron chi connectivity index (χ0n) is 8.31. The predicted octanol–water partition coefficient (Wildman–Crippen LogP) is 0.0412. The monoisotopic (exact) mass is 193 g/mol. The van der Waals surface area contributed by atoms with Crippen molar-refractivity contribution in [3.8, 4) is 0 Å². The smallest absolute Gasteiger partial charge is 0.226 e. The average molecular weight is 193 g/mol. The molecular formula is C10H15N3O. The van der Waals surface area contributed by atoms with E-state index in [-0.39, 0.29) is 5.91 Å². The van der Waals surface area contributed by atoms with Crippen LogP contribution in [0.4, 0.5) is 0 Å². The average Bonchev–Trinajstić information content (AvgIpc) is 2.19. The van der Waals surface area contributed by atoms with Gasteiger partial charge in [-0.3, -0.25) is 9.78 Å². The fourth-order valence-electron chi connectivity index (χ4n) is 1.13. The molecular weight excluding hydrogens is 178 g/mol. The Balaban J connectivity index is 2.49. The van der Waals surface area contributed by atoms with E-state index in [2.05, 4.69) is 4.98 Å². The minimum Gasteiger partial charge on any atom is -0.344 e. The van der Waals surface area contributed by atoms with E-state index in [9.17, 15) is 4.79 Å². The van der Waals surface area contributed by atoms with E-state index < -0.39 is 0 Å². The first-order valence-corrected chi connectivity index (χ1v) is 4.57. The molecule has 0 aliphatic carbocycles. The Kier molecular flexibility index (Phi) is 4.07. The number of amides is 1. The zero-order chi connectivity index (χ0) is 10.4. The lowest BCUT2D eigenvalue weighted by molar-refractivity contribution is -0.129. The molecule has 0 aliphatic rings. The second kappa shape index (κ2) is 5.34. The molecule has 0 bridgehead atoms. The van der Waals surface area contributed by atoms with Crippen LogP contribution >= 0.6 is 0 Å². The molecule has 1 aromatic rings. The molecule has 2 N–H and O–H groups in total. The first-order chi connectivity index (χ1) is 6.74. The number of hydrogen-bond donors (Lipinski definition) is 1. The van der Waals surface area contributed by atoms with Crippen LogP contribution in [0.3, 0.4) is 0 Å². The highest BCUT2D eigenvalue weighted by Gasteiger charge is 2.07. The van der Waals surface area contributed by atoms with E-state index in [0.29, 0.717) is 19.5 Å². The molecule has 0 aromatic carbocycles. The van der Waals surface area contributed by atoms with Gasteiger partial charge in [-0.05, 0) is 11.6 Å². The van der Waals surface area contributed by atoms with Crippen LogP contribution in [-0.2, 0) is 11.2 Å². The van der Waals surface area contributed by atoms with Gasteiger partial charge in [-0.2, -0.15) is 0 Å². The number of carbonyl (C=O) groups is 1. The molecule has 4 heteroatoms. The molecule has 0 fully saturated rings. The van der Waals surface area contributed by atoms with Crippen molar-refractivity contribution in [1.29, 1.82) is 0 Å². The first-order valence-electron chi connectivity index (χ1n) is 4.57. The number of rotatable bonds is 4. The number of aromatic nitrogens is 1. The van der Waals surface area contributed by atoms with Gasteiger partial charge in [0.2, 0.25) is 5.91 Å². The van der Waals surface area contributed by atoms with Crippen molar-refractivity contribution in [3.05, 3.63) is 30.1 Å². The second-order valence-corrected chi connectivity index (χ2v) is 3.14. The standard InChI is InChI=1S/C10H15N3O/c1-13(6-4-11)10(14)7-9-3-2-5-12-8-9/h2-3,5,8H,4,6-7,11H2,1H3. The molecule has 0 aliphatic heterocycles. The van der Waals surface area contributed by atoms with Crippen molar-refractivity contribution in [1.82, 2.24) is 9.88 Å². The molecule has 0 saturated carbocycles. The van der Waals surface area contributed by atoms with Crippen LogP contribution in [0.2, 0.25) is 0 Å². The summed E-state index contributed by atoms with van der Waals surface area (Å²) in [5, 5.41) is 0. The summed E-state index contributed by atoms with van der Waals surface area (Å²) >= 11 is 0. The highest BCUT2D eigenvalue weighted by Crippen LogP contribution is 1.99. The fraction of sp³-hybridized carbons (Fsp3) is 0.400. The maximum absolute atomic E-state index is 11.5. The van der Waals surface area contributed by atoms with Gasteiger partial charge in [0.05, 0.1) is 6.42 Å². The van der Waals surface area contributed by atoms with Crippen LogP contribution in [-0.4, -0.2) is 35.9 Å². The van der Waals surface area contributed by atoms with Crippen molar-refractivity contribution in [2.45, 2.75) is 6.42 Å². The number of likely N-dealkylation sites (N-methyl/N-ethyl adjacent to an activating group) is 1. The van der Waals surface area contributed by atoms with E-state index >= 15 is 0 Å². The quantitative estimate of drug-likeness (QED) is 0.734. The zero-order valence-corrected chi connectivity index (χ0v) is 8.31. The Bertz CT molecular complexity index is 287. The molecule has 0 spiro atoms. The van der Waals surface area contributed by atoms with Gasteiger partial charge in [-0.1, -0.05) is 6.07 Å². The van der Waals surface area contributed by atoms with Gasteiger partial charge in [0, 0.05) is 32.5 Å². The van der Waals surface area contributed by atoms with Gasteiger partial charge < -0.3 is 10.6 Å². The Labute approximate surface area is 83.7 Å². The van der Waals surface area contributed by atoms with Crippen molar-refractivity contribution in [2.75, 3.05) is 20.1 Å². The van der Waals surface area contributed by atoms with Gasteiger partial charge in [0.15, 0.2) is 0 Å². The molecule has 1 aromatic heterocycles. The number of carbonyl (C=O) groups excluding carboxylic acids is 1. The minimum absolute atomic E-state index is 0.0726. The lowest BCUT2D eigenvalue weighted by Gasteiger charge is -2.15. The SMILES string of the molecule is CN(CCN)C(=O)Cc1cccnc1. The number of hydrogen-bond acceptors (Lipinski definition) is 3. The van der Waals surface area contributed by atoms with Gasteiger partial charge in [-0.15, -0.1) is 0 Å². The molecule has 0 radical (unpaired) electrons. The van der Waals surface area contributed by atoms with Gasteiger partial charge in [-0.25, -0.2) is 0 Å². The van der Waals surface area contributed by atoms with Gasteiger partial charge >= 0.3 is 0 Å². The minimum atomic E-state index is 0.0726. The van der Waals surface area contributed by atoms with Crippen molar-refractivity contribution < 1.29 is 4.79 Å². The van der Waals surface area contributed by atoms with Crippen molar-refractivity contribution >= 4 is 5.91 Å². The molecule has 4 nitrogen and oxygen atoms in total. The lowest BCUT2D eigenvalue weighted by atomic mass is 10.2. The molecule has 1 rings (SSSR count). The van der Waals surface area contributed by atoms with Crippen LogP contribution in [0.15, 0.2) is 24.5 Å². The molecule has 0 saturated heterocycles. The van der Waals surface area contributed by atoms with Crippen molar-refractivity contribution in [2.24, 2.45) is 5.73 Å². The van der Waals surface area contributed by atoms with E-state index in [1.54, 1.807) is 24.3 Å². The summed E-state index contributed by atoms with van der Waals surface area (Å²) in [4.78, 5) is 17.1. The molecule has 0 unspecified atom stereocenters. The molecule has 14 heavy (non-hydrogen) atoms. The Morgan fingerprint density at radius 2 is 2.43 bits per heavy atom. The van der Waals surface area contributed by atoms with Gasteiger partial charge in [0.1, 0.15) is 0 Å². The summed E-state index contributed by atoms with van der Waals surface area (Å²) in [6.07, 6.45) is 3.79. The second-order valence-electron chi connectivity index (χ2n) is 3.14. The third kappa shape index (κ3) is 3.14. The van der Waals surface area contributed by atoms with Crippen LogP contribution < -0.4 is 5.73 Å². The summed E-state index contributed by atoms with van der Waals surface area (Å²) < 4.78 is 0.